The number of rotatable bonds is 7. The molecule has 0 spiro atoms. The zero-order valence-corrected chi connectivity index (χ0v) is 14.5. The van der Waals surface area contributed by atoms with Crippen LogP contribution in [0.5, 0.6) is 0 Å². The summed E-state index contributed by atoms with van der Waals surface area (Å²) in [6.45, 7) is 2.12. The maximum atomic E-state index is 11.9. The van der Waals surface area contributed by atoms with Gasteiger partial charge in [-0.25, -0.2) is 0 Å². The zero-order valence-electron chi connectivity index (χ0n) is 14.5. The summed E-state index contributed by atoms with van der Waals surface area (Å²) in [6, 6.07) is 7.80. The van der Waals surface area contributed by atoms with E-state index in [0.29, 0.717) is 0 Å². The van der Waals surface area contributed by atoms with Crippen LogP contribution in [0.2, 0.25) is 0 Å². The number of fused-ring (bicyclic) bond motifs is 1. The van der Waals surface area contributed by atoms with E-state index in [1.165, 1.54) is 11.0 Å². The monoisotopic (exact) mass is 328 g/mol. The Bertz CT molecular complexity index is 744. The first-order valence-corrected chi connectivity index (χ1v) is 8.19. The summed E-state index contributed by atoms with van der Waals surface area (Å²) in [4.78, 5) is 24.9. The minimum atomic E-state index is -0.295. The lowest BCUT2D eigenvalue weighted by molar-refractivity contribution is -0.129. The summed E-state index contributed by atoms with van der Waals surface area (Å²) in [5.41, 5.74) is 1.76. The van der Waals surface area contributed by atoms with Gasteiger partial charge in [-0.1, -0.05) is 31.5 Å². The van der Waals surface area contributed by atoms with Crippen molar-refractivity contribution in [3.8, 4) is 0 Å². The number of amides is 2. The predicted molar refractivity (Wildman–Crippen MR) is 95.6 cm³/mol. The van der Waals surface area contributed by atoms with Crippen molar-refractivity contribution in [1.82, 2.24) is 10.2 Å². The van der Waals surface area contributed by atoms with E-state index in [9.17, 15) is 9.59 Å². The molecule has 2 rings (SSSR count). The van der Waals surface area contributed by atoms with Gasteiger partial charge in [0.2, 0.25) is 11.8 Å². The minimum absolute atomic E-state index is 0.00893. The van der Waals surface area contributed by atoms with E-state index in [4.69, 9.17) is 4.42 Å². The van der Waals surface area contributed by atoms with Crippen molar-refractivity contribution in [3.63, 3.8) is 0 Å². The Kier molecular flexibility index (Phi) is 6.18. The molecule has 2 amide bonds. The van der Waals surface area contributed by atoms with E-state index in [0.717, 1.165) is 41.6 Å². The maximum absolute atomic E-state index is 11.9. The summed E-state index contributed by atoms with van der Waals surface area (Å²) in [6.07, 6.45) is 6.17. The summed E-state index contributed by atoms with van der Waals surface area (Å²) in [7, 11) is 3.31. The third kappa shape index (κ3) is 4.47. The van der Waals surface area contributed by atoms with Crippen LogP contribution in [0.3, 0.4) is 0 Å². The van der Waals surface area contributed by atoms with E-state index in [1.54, 1.807) is 20.2 Å². The molecule has 0 unspecified atom stereocenters. The number of nitrogens with one attached hydrogen (secondary N) is 1. The maximum Gasteiger partial charge on any atom is 0.244 e. The summed E-state index contributed by atoms with van der Waals surface area (Å²) < 4.78 is 5.92. The highest BCUT2D eigenvalue weighted by atomic mass is 16.3. The smallest absolute Gasteiger partial charge is 0.244 e. The van der Waals surface area contributed by atoms with Crippen LogP contribution in [-0.2, 0) is 16.0 Å². The highest BCUT2D eigenvalue weighted by Crippen LogP contribution is 2.28. The quantitative estimate of drug-likeness (QED) is 0.795. The Balaban J connectivity index is 2.15. The van der Waals surface area contributed by atoms with Crippen molar-refractivity contribution < 1.29 is 14.0 Å². The van der Waals surface area contributed by atoms with Crippen LogP contribution in [0, 0.1) is 0 Å². The number of carbonyl (C=O) groups is 2. The first-order chi connectivity index (χ1) is 11.5. The van der Waals surface area contributed by atoms with Gasteiger partial charge in [0.1, 0.15) is 11.3 Å². The Labute approximate surface area is 142 Å². The molecule has 128 valence electrons. The van der Waals surface area contributed by atoms with Crippen LogP contribution in [-0.4, -0.2) is 37.4 Å². The van der Waals surface area contributed by atoms with Crippen molar-refractivity contribution in [2.45, 2.75) is 26.2 Å². The normalized spacial score (nSPS) is 11.1. The highest BCUT2D eigenvalue weighted by molar-refractivity contribution is 5.97. The molecule has 2 aromatic rings. The van der Waals surface area contributed by atoms with Gasteiger partial charge in [0.25, 0.3) is 0 Å². The first-order valence-electron chi connectivity index (χ1n) is 8.19. The fourth-order valence-corrected chi connectivity index (χ4v) is 2.36. The average molecular weight is 328 g/mol. The summed E-state index contributed by atoms with van der Waals surface area (Å²) in [5, 5.41) is 3.59. The molecular weight excluding hydrogens is 304 g/mol. The lowest BCUT2D eigenvalue weighted by Gasteiger charge is -2.09. The molecule has 0 radical (unpaired) electrons. The molecule has 0 aliphatic carbocycles. The summed E-state index contributed by atoms with van der Waals surface area (Å²) >= 11 is 0. The number of likely N-dealkylation sites (N-methyl/N-ethyl adjacent to an activating group) is 1. The topological polar surface area (TPSA) is 62.6 Å². The van der Waals surface area contributed by atoms with Crippen molar-refractivity contribution in [3.05, 3.63) is 41.7 Å². The zero-order chi connectivity index (χ0) is 17.5. The molecule has 1 aromatic carbocycles. The molecule has 0 aliphatic heterocycles. The number of furan rings is 1. The first kappa shape index (κ1) is 17.8. The molecule has 0 saturated carbocycles. The number of hydrogen-bond acceptors (Lipinski definition) is 3. The average Bonchev–Trinajstić information content (AvgIpc) is 2.93. The molecule has 0 aliphatic rings. The van der Waals surface area contributed by atoms with E-state index in [2.05, 4.69) is 12.2 Å². The fourth-order valence-electron chi connectivity index (χ4n) is 2.36. The Morgan fingerprint density at radius 1 is 1.25 bits per heavy atom. The SMILES string of the molecule is CCCCc1oc2ccccc2c1/C=C/C(=O)NCC(=O)N(C)C. The molecule has 1 aromatic heterocycles. The number of benzene rings is 1. The third-order valence-corrected chi connectivity index (χ3v) is 3.78. The highest BCUT2D eigenvalue weighted by Gasteiger charge is 2.12. The van der Waals surface area contributed by atoms with E-state index in [-0.39, 0.29) is 18.4 Å². The molecule has 0 atom stereocenters. The van der Waals surface area contributed by atoms with Gasteiger partial charge in [-0.2, -0.15) is 0 Å². The Hall–Kier alpha value is -2.56. The lowest BCUT2D eigenvalue weighted by Crippen LogP contribution is -2.35. The largest absolute Gasteiger partial charge is 0.460 e. The van der Waals surface area contributed by atoms with Crippen LogP contribution in [0.25, 0.3) is 17.0 Å². The van der Waals surface area contributed by atoms with E-state index in [1.807, 2.05) is 24.3 Å². The van der Waals surface area contributed by atoms with Gasteiger partial charge in [0.05, 0.1) is 6.54 Å². The molecule has 24 heavy (non-hydrogen) atoms. The molecule has 0 saturated heterocycles. The molecule has 1 N–H and O–H groups in total. The van der Waals surface area contributed by atoms with Crippen LogP contribution in [0.4, 0.5) is 0 Å². The number of unbranched alkanes of at least 4 members (excludes halogenated alkanes) is 1. The molecule has 0 fully saturated rings. The van der Waals surface area contributed by atoms with Crippen molar-refractivity contribution in [1.29, 1.82) is 0 Å². The number of para-hydroxylation sites is 1. The van der Waals surface area contributed by atoms with Gasteiger partial charge < -0.3 is 14.6 Å². The van der Waals surface area contributed by atoms with Crippen LogP contribution in [0.15, 0.2) is 34.8 Å². The van der Waals surface area contributed by atoms with Crippen molar-refractivity contribution >= 4 is 28.9 Å². The van der Waals surface area contributed by atoms with Gasteiger partial charge in [-0.05, 0) is 18.6 Å². The number of hydrogen-bond donors (Lipinski definition) is 1. The van der Waals surface area contributed by atoms with E-state index < -0.39 is 0 Å². The van der Waals surface area contributed by atoms with Crippen LogP contribution < -0.4 is 5.32 Å². The van der Waals surface area contributed by atoms with Crippen molar-refractivity contribution in [2.24, 2.45) is 0 Å². The van der Waals surface area contributed by atoms with Gasteiger partial charge in [-0.3, -0.25) is 9.59 Å². The second-order valence-electron chi connectivity index (χ2n) is 5.88. The third-order valence-electron chi connectivity index (χ3n) is 3.78. The Morgan fingerprint density at radius 3 is 2.71 bits per heavy atom. The van der Waals surface area contributed by atoms with Gasteiger partial charge in [0.15, 0.2) is 0 Å². The molecule has 1 heterocycles. The number of nitrogens with zero attached hydrogens (tertiary/aromatic N) is 1. The second-order valence-corrected chi connectivity index (χ2v) is 5.88. The van der Waals surface area contributed by atoms with Gasteiger partial charge in [0, 0.05) is 37.5 Å². The predicted octanol–water partition coefficient (Wildman–Crippen LogP) is 2.99. The van der Waals surface area contributed by atoms with Crippen molar-refractivity contribution in [2.75, 3.05) is 20.6 Å². The second kappa shape index (κ2) is 8.34. The van der Waals surface area contributed by atoms with Gasteiger partial charge >= 0.3 is 0 Å². The fraction of sp³-hybridized carbons (Fsp3) is 0.368. The molecule has 5 heteroatoms. The standard InChI is InChI=1S/C19H24N2O3/c1-4-5-9-16-15(14-8-6-7-10-17(14)24-16)11-12-18(22)20-13-19(23)21(2)3/h6-8,10-12H,4-5,9,13H2,1-3H3,(H,20,22)/b12-11+. The summed E-state index contributed by atoms with van der Waals surface area (Å²) in [5.74, 6) is 0.456. The van der Waals surface area contributed by atoms with E-state index >= 15 is 0 Å². The molecule has 5 nitrogen and oxygen atoms in total. The van der Waals surface area contributed by atoms with Crippen LogP contribution >= 0.6 is 0 Å². The Morgan fingerprint density at radius 2 is 2.00 bits per heavy atom. The van der Waals surface area contributed by atoms with Crippen LogP contribution in [0.1, 0.15) is 31.1 Å². The molecule has 0 bridgehead atoms. The molecular formula is C19H24N2O3. The minimum Gasteiger partial charge on any atom is -0.460 e. The number of carbonyl (C=O) groups excluding carboxylic acids is 2. The number of aryl methyl sites for hydroxylation is 1. The van der Waals surface area contributed by atoms with Gasteiger partial charge in [-0.15, -0.1) is 0 Å². The lowest BCUT2D eigenvalue weighted by atomic mass is 10.1.